The predicted octanol–water partition coefficient (Wildman–Crippen LogP) is 3.59. The second-order valence-corrected chi connectivity index (χ2v) is 7.21. The lowest BCUT2D eigenvalue weighted by Crippen LogP contribution is -2.28. The number of allylic oxidation sites excluding steroid dienone is 2. The molecule has 152 valence electrons. The molecule has 0 fully saturated rings. The van der Waals surface area contributed by atoms with Gasteiger partial charge in [-0.3, -0.25) is 14.9 Å². The van der Waals surface area contributed by atoms with Gasteiger partial charge in [0, 0.05) is 29.8 Å². The number of benzene rings is 1. The fourth-order valence-corrected chi connectivity index (χ4v) is 3.35. The van der Waals surface area contributed by atoms with E-state index in [0.717, 1.165) is 0 Å². The molecule has 0 bridgehead atoms. The first kappa shape index (κ1) is 20.5. The van der Waals surface area contributed by atoms with Crippen LogP contribution in [0.4, 0.5) is 16.2 Å². The maximum atomic E-state index is 12.6. The van der Waals surface area contributed by atoms with Gasteiger partial charge in [-0.15, -0.1) is 0 Å². The molecule has 1 atom stereocenters. The first-order chi connectivity index (χ1) is 13.9. The molecule has 2 N–H and O–H groups in total. The molecule has 1 aromatic heterocycles. The molecule has 1 aliphatic rings. The van der Waals surface area contributed by atoms with Crippen molar-refractivity contribution in [3.63, 3.8) is 0 Å². The third kappa shape index (κ3) is 4.43. The number of aromatic nitrogens is 1. The van der Waals surface area contributed by atoms with E-state index in [1.54, 1.807) is 19.1 Å². The van der Waals surface area contributed by atoms with Crippen molar-refractivity contribution in [2.24, 2.45) is 0 Å². The van der Waals surface area contributed by atoms with Crippen LogP contribution < -0.4 is 10.9 Å². The number of rotatable bonds is 6. The molecule has 29 heavy (non-hydrogen) atoms. The van der Waals surface area contributed by atoms with Gasteiger partial charge in [0.15, 0.2) is 0 Å². The first-order valence-electron chi connectivity index (χ1n) is 8.69. The van der Waals surface area contributed by atoms with Gasteiger partial charge < -0.3 is 19.8 Å². The molecule has 0 amide bonds. The third-order valence-electron chi connectivity index (χ3n) is 4.36. The second kappa shape index (κ2) is 8.82. The first-order valence-corrected chi connectivity index (χ1v) is 10.1. The SMILES string of the molecule is CSCCOC(=O)OC1=C(C)Nc2cc[nH]c(=O)c2C1c1cccc([N+](=O)[O-])c1. The Morgan fingerprint density at radius 1 is 1.34 bits per heavy atom. The number of nitrogens with one attached hydrogen (secondary N) is 2. The van der Waals surface area contributed by atoms with Crippen molar-refractivity contribution in [1.29, 1.82) is 0 Å². The smallest absolute Gasteiger partial charge is 0.433 e. The molecular formula is C19H19N3O6S. The van der Waals surface area contributed by atoms with Crippen LogP contribution in [0.3, 0.4) is 0 Å². The Morgan fingerprint density at radius 3 is 2.86 bits per heavy atom. The maximum Gasteiger partial charge on any atom is 0.513 e. The minimum absolute atomic E-state index is 0.130. The van der Waals surface area contributed by atoms with E-state index < -0.39 is 22.6 Å². The van der Waals surface area contributed by atoms with E-state index in [1.165, 1.54) is 36.2 Å². The topological polar surface area (TPSA) is 124 Å². The summed E-state index contributed by atoms with van der Waals surface area (Å²) in [7, 11) is 0. The van der Waals surface area contributed by atoms with E-state index in [0.29, 0.717) is 28.3 Å². The van der Waals surface area contributed by atoms with E-state index in [1.807, 2.05) is 6.26 Å². The predicted molar refractivity (Wildman–Crippen MR) is 109 cm³/mol. The van der Waals surface area contributed by atoms with Crippen LogP contribution in [0, 0.1) is 10.1 Å². The van der Waals surface area contributed by atoms with Crippen molar-refractivity contribution < 1.29 is 19.2 Å². The molecule has 10 heteroatoms. The van der Waals surface area contributed by atoms with Crippen LogP contribution in [-0.2, 0) is 9.47 Å². The molecule has 1 aromatic carbocycles. The molecule has 3 rings (SSSR count). The van der Waals surface area contributed by atoms with Gasteiger partial charge in [-0.1, -0.05) is 12.1 Å². The Morgan fingerprint density at radius 2 is 2.14 bits per heavy atom. The van der Waals surface area contributed by atoms with Crippen LogP contribution in [-0.4, -0.2) is 34.7 Å². The molecule has 0 radical (unpaired) electrons. The van der Waals surface area contributed by atoms with Gasteiger partial charge in [-0.2, -0.15) is 11.8 Å². The Labute approximate surface area is 170 Å². The normalized spacial score (nSPS) is 15.3. The van der Waals surface area contributed by atoms with Crippen molar-refractivity contribution in [3.05, 3.63) is 79.6 Å². The van der Waals surface area contributed by atoms with Gasteiger partial charge in [0.25, 0.3) is 11.2 Å². The summed E-state index contributed by atoms with van der Waals surface area (Å²) in [5, 5.41) is 14.3. The van der Waals surface area contributed by atoms with Crippen molar-refractivity contribution in [2.45, 2.75) is 12.8 Å². The highest BCUT2D eigenvalue weighted by Gasteiger charge is 2.34. The van der Waals surface area contributed by atoms with Crippen LogP contribution in [0.5, 0.6) is 0 Å². The number of fused-ring (bicyclic) bond motifs is 1. The van der Waals surface area contributed by atoms with Crippen LogP contribution in [0.2, 0.25) is 0 Å². The number of nitrogens with zero attached hydrogens (tertiary/aromatic N) is 1. The van der Waals surface area contributed by atoms with Crippen LogP contribution >= 0.6 is 11.8 Å². The van der Waals surface area contributed by atoms with Crippen molar-refractivity contribution in [1.82, 2.24) is 4.98 Å². The van der Waals surface area contributed by atoms with Crippen LogP contribution in [0.1, 0.15) is 24.0 Å². The number of carbonyl (C=O) groups is 1. The lowest BCUT2D eigenvalue weighted by molar-refractivity contribution is -0.384. The number of nitro benzene ring substituents is 1. The molecule has 1 unspecified atom stereocenters. The van der Waals surface area contributed by atoms with E-state index >= 15 is 0 Å². The Kier molecular flexibility index (Phi) is 6.23. The van der Waals surface area contributed by atoms with Gasteiger partial charge in [0.2, 0.25) is 0 Å². The number of H-pyrrole nitrogens is 1. The fourth-order valence-electron chi connectivity index (χ4n) is 3.10. The molecule has 9 nitrogen and oxygen atoms in total. The molecule has 0 aliphatic carbocycles. The summed E-state index contributed by atoms with van der Waals surface area (Å²) in [4.78, 5) is 38.1. The zero-order valence-corrected chi connectivity index (χ0v) is 16.6. The van der Waals surface area contributed by atoms with Crippen LogP contribution in [0.25, 0.3) is 0 Å². The van der Waals surface area contributed by atoms with Gasteiger partial charge in [0.05, 0.1) is 22.1 Å². The quantitative estimate of drug-likeness (QED) is 0.316. The molecule has 1 aliphatic heterocycles. The molecule has 2 aromatic rings. The minimum atomic E-state index is -0.901. The summed E-state index contributed by atoms with van der Waals surface area (Å²) in [6.07, 6.45) is 2.48. The number of anilines is 1. The van der Waals surface area contributed by atoms with Gasteiger partial charge in [0.1, 0.15) is 12.4 Å². The number of pyridine rings is 1. The Balaban J connectivity index is 2.07. The monoisotopic (exact) mass is 417 g/mol. The maximum absolute atomic E-state index is 12.6. The summed E-state index contributed by atoms with van der Waals surface area (Å²) in [5.74, 6) is -0.0459. The van der Waals surface area contributed by atoms with Crippen molar-refractivity contribution in [3.8, 4) is 0 Å². The number of hydrogen-bond acceptors (Lipinski definition) is 8. The van der Waals surface area contributed by atoms with E-state index in [4.69, 9.17) is 9.47 Å². The summed E-state index contributed by atoms with van der Waals surface area (Å²) in [6.45, 7) is 1.87. The van der Waals surface area contributed by atoms with Crippen molar-refractivity contribution in [2.75, 3.05) is 23.9 Å². The summed E-state index contributed by atoms with van der Waals surface area (Å²) >= 11 is 1.52. The average molecular weight is 417 g/mol. The van der Waals surface area contributed by atoms with Crippen molar-refractivity contribution >= 4 is 29.3 Å². The molecule has 0 saturated carbocycles. The third-order valence-corrected chi connectivity index (χ3v) is 4.93. The van der Waals surface area contributed by atoms with Crippen LogP contribution in [0.15, 0.2) is 52.8 Å². The zero-order chi connectivity index (χ0) is 21.0. The molecular weight excluding hydrogens is 398 g/mol. The minimum Gasteiger partial charge on any atom is -0.433 e. The number of aromatic amines is 1. The zero-order valence-electron chi connectivity index (χ0n) is 15.8. The van der Waals surface area contributed by atoms with Gasteiger partial charge >= 0.3 is 6.16 Å². The number of hydrogen-bond donors (Lipinski definition) is 2. The highest BCUT2D eigenvalue weighted by atomic mass is 32.2. The Bertz CT molecular complexity index is 1030. The lowest BCUT2D eigenvalue weighted by atomic mass is 9.86. The summed E-state index contributed by atoms with van der Waals surface area (Å²) in [5.41, 5.74) is 1.26. The van der Waals surface area contributed by atoms with E-state index in [2.05, 4.69) is 10.3 Å². The standard InChI is InChI=1S/C19H19N3O6S/c1-11-17(28-19(24)27-8-9-29-2)15(12-4-3-5-13(10-12)22(25)26)16-14(21-11)6-7-20-18(16)23/h3-7,10,15,21H,8-9H2,1-2H3,(H,20,23). The summed E-state index contributed by atoms with van der Waals surface area (Å²) in [6, 6.07) is 7.57. The molecule has 0 saturated heterocycles. The fraction of sp³-hybridized carbons (Fsp3) is 0.263. The number of ether oxygens (including phenoxy) is 2. The van der Waals surface area contributed by atoms with Gasteiger partial charge in [-0.25, -0.2) is 4.79 Å². The molecule has 2 heterocycles. The number of nitro groups is 1. The second-order valence-electron chi connectivity index (χ2n) is 6.23. The Hall–Kier alpha value is -3.27. The number of non-ortho nitro benzene ring substituents is 1. The highest BCUT2D eigenvalue weighted by Crippen LogP contribution is 2.41. The largest absolute Gasteiger partial charge is 0.513 e. The van der Waals surface area contributed by atoms with E-state index in [9.17, 15) is 19.7 Å². The highest BCUT2D eigenvalue weighted by molar-refractivity contribution is 7.98. The number of carbonyl (C=O) groups excluding carboxylic acids is 1. The molecule has 0 spiro atoms. The van der Waals surface area contributed by atoms with Gasteiger partial charge in [-0.05, 0) is 24.8 Å². The summed E-state index contributed by atoms with van der Waals surface area (Å²) < 4.78 is 10.5. The van der Waals surface area contributed by atoms with E-state index in [-0.39, 0.29) is 18.1 Å². The number of thioether (sulfide) groups is 1. The lowest BCUT2D eigenvalue weighted by Gasteiger charge is -2.29. The average Bonchev–Trinajstić information content (AvgIpc) is 2.69.